The van der Waals surface area contributed by atoms with E-state index in [0.717, 1.165) is 22.3 Å². The van der Waals surface area contributed by atoms with E-state index in [2.05, 4.69) is 0 Å². The third-order valence-electron chi connectivity index (χ3n) is 4.80. The molecule has 140 valence electrons. The van der Waals surface area contributed by atoms with Gasteiger partial charge in [0.15, 0.2) is 0 Å². The van der Waals surface area contributed by atoms with Crippen molar-refractivity contribution in [2.45, 2.75) is 46.8 Å². The molecular weight excluding hydrogens is 354 g/mol. The fourth-order valence-corrected chi connectivity index (χ4v) is 4.17. The summed E-state index contributed by atoms with van der Waals surface area (Å²) in [6, 6.07) is 11.8. The summed E-state index contributed by atoms with van der Waals surface area (Å²) < 4.78 is 0. The number of benzene rings is 2. The highest BCUT2D eigenvalue weighted by molar-refractivity contribution is 8.04. The number of hydrogen-bond donors (Lipinski definition) is 0. The van der Waals surface area contributed by atoms with Crippen molar-refractivity contribution >= 4 is 34.8 Å². The lowest BCUT2D eigenvalue weighted by molar-refractivity contribution is -0.119. The molecule has 1 heterocycles. The lowest BCUT2D eigenvalue weighted by Gasteiger charge is -2.18. The SMILES string of the molecule is Cc1ccc(C)c(N2C(=O)C(SC(C)C)=C(c3ccc(C)c(C)c3)C2=O)c1. The third-order valence-corrected chi connectivity index (χ3v) is 5.88. The summed E-state index contributed by atoms with van der Waals surface area (Å²) in [6.45, 7) is 12.0. The van der Waals surface area contributed by atoms with E-state index in [-0.39, 0.29) is 17.1 Å². The maximum Gasteiger partial charge on any atom is 0.272 e. The van der Waals surface area contributed by atoms with Crippen molar-refractivity contribution in [2.75, 3.05) is 4.90 Å². The fraction of sp³-hybridized carbons (Fsp3) is 0.304. The van der Waals surface area contributed by atoms with Crippen LogP contribution in [0.3, 0.4) is 0 Å². The number of aryl methyl sites for hydroxylation is 4. The van der Waals surface area contributed by atoms with E-state index >= 15 is 0 Å². The van der Waals surface area contributed by atoms with Crippen LogP contribution in [0.5, 0.6) is 0 Å². The van der Waals surface area contributed by atoms with Gasteiger partial charge in [-0.25, -0.2) is 4.90 Å². The van der Waals surface area contributed by atoms with Crippen molar-refractivity contribution in [3.05, 3.63) is 69.1 Å². The van der Waals surface area contributed by atoms with Gasteiger partial charge in [0, 0.05) is 5.25 Å². The normalized spacial score (nSPS) is 14.7. The Kier molecular flexibility index (Phi) is 5.29. The van der Waals surface area contributed by atoms with E-state index in [1.165, 1.54) is 22.2 Å². The van der Waals surface area contributed by atoms with Crippen LogP contribution in [-0.4, -0.2) is 17.1 Å². The standard InChI is InChI=1S/C23H25NO2S/c1-13(2)27-21-20(18-10-9-15(4)17(6)12-18)22(25)24(23(21)26)19-11-14(3)7-8-16(19)5/h7-13H,1-6H3. The first-order valence-corrected chi connectivity index (χ1v) is 10.0. The molecule has 0 aromatic heterocycles. The summed E-state index contributed by atoms with van der Waals surface area (Å²) in [4.78, 5) is 28.6. The lowest BCUT2D eigenvalue weighted by Crippen LogP contribution is -2.32. The first-order valence-electron chi connectivity index (χ1n) is 9.15. The molecule has 1 aliphatic heterocycles. The Hall–Kier alpha value is -2.33. The molecule has 0 radical (unpaired) electrons. The van der Waals surface area contributed by atoms with E-state index < -0.39 is 0 Å². The zero-order valence-electron chi connectivity index (χ0n) is 16.7. The van der Waals surface area contributed by atoms with Crippen molar-refractivity contribution in [3.63, 3.8) is 0 Å². The van der Waals surface area contributed by atoms with Gasteiger partial charge in [0.1, 0.15) is 0 Å². The van der Waals surface area contributed by atoms with Crippen LogP contribution in [0.4, 0.5) is 5.69 Å². The fourth-order valence-electron chi connectivity index (χ4n) is 3.19. The number of hydrogen-bond acceptors (Lipinski definition) is 3. The largest absolute Gasteiger partial charge is 0.272 e. The van der Waals surface area contributed by atoms with Crippen LogP contribution in [0.15, 0.2) is 41.3 Å². The maximum absolute atomic E-state index is 13.4. The third kappa shape index (κ3) is 3.59. The quantitative estimate of drug-likeness (QED) is 0.672. The van der Waals surface area contributed by atoms with Crippen molar-refractivity contribution in [1.29, 1.82) is 0 Å². The predicted octanol–water partition coefficient (Wildman–Crippen LogP) is 5.35. The number of amides is 2. The zero-order chi connectivity index (χ0) is 19.9. The number of rotatable bonds is 4. The molecule has 0 saturated carbocycles. The van der Waals surface area contributed by atoms with Crippen LogP contribution >= 0.6 is 11.8 Å². The van der Waals surface area contributed by atoms with Crippen LogP contribution in [0, 0.1) is 27.7 Å². The van der Waals surface area contributed by atoms with Crippen LogP contribution in [-0.2, 0) is 9.59 Å². The molecule has 0 fully saturated rings. The zero-order valence-corrected chi connectivity index (χ0v) is 17.5. The minimum atomic E-state index is -0.236. The van der Waals surface area contributed by atoms with Gasteiger partial charge in [0.25, 0.3) is 11.8 Å². The Morgan fingerprint density at radius 3 is 2.11 bits per heavy atom. The molecular formula is C23H25NO2S. The molecule has 3 rings (SSSR count). The summed E-state index contributed by atoms with van der Waals surface area (Å²) in [5.74, 6) is -0.458. The number of anilines is 1. The lowest BCUT2D eigenvalue weighted by atomic mass is 10.0. The summed E-state index contributed by atoms with van der Waals surface area (Å²) in [5, 5.41) is 0.205. The molecule has 2 aromatic rings. The molecule has 0 saturated heterocycles. The Labute approximate surface area is 165 Å². The van der Waals surface area contributed by atoms with Crippen molar-refractivity contribution < 1.29 is 9.59 Å². The van der Waals surface area contributed by atoms with Crippen molar-refractivity contribution in [1.82, 2.24) is 0 Å². The van der Waals surface area contributed by atoms with Gasteiger partial charge in [-0.1, -0.05) is 44.2 Å². The monoisotopic (exact) mass is 379 g/mol. The molecule has 0 unspecified atom stereocenters. The summed E-state index contributed by atoms with van der Waals surface area (Å²) >= 11 is 1.46. The highest BCUT2D eigenvalue weighted by Gasteiger charge is 2.41. The highest BCUT2D eigenvalue weighted by atomic mass is 32.2. The second-order valence-electron chi connectivity index (χ2n) is 7.41. The second kappa shape index (κ2) is 7.35. The molecule has 3 nitrogen and oxygen atoms in total. The Balaban J connectivity index is 2.17. The van der Waals surface area contributed by atoms with E-state index in [4.69, 9.17) is 0 Å². The molecule has 0 N–H and O–H groups in total. The van der Waals surface area contributed by atoms with Crippen LogP contribution in [0.25, 0.3) is 5.57 Å². The Morgan fingerprint density at radius 1 is 0.815 bits per heavy atom. The molecule has 4 heteroatoms. The van der Waals surface area contributed by atoms with Crippen LogP contribution in [0.1, 0.15) is 41.7 Å². The van der Waals surface area contributed by atoms with E-state index in [1.807, 2.05) is 77.9 Å². The van der Waals surface area contributed by atoms with Gasteiger partial charge in [-0.3, -0.25) is 9.59 Å². The summed E-state index contributed by atoms with van der Waals surface area (Å²) in [6.07, 6.45) is 0. The van der Waals surface area contributed by atoms with Gasteiger partial charge in [-0.2, -0.15) is 0 Å². The topological polar surface area (TPSA) is 37.4 Å². The van der Waals surface area contributed by atoms with Gasteiger partial charge in [-0.05, 0) is 61.6 Å². The van der Waals surface area contributed by atoms with Crippen LogP contribution < -0.4 is 4.90 Å². The van der Waals surface area contributed by atoms with Crippen molar-refractivity contribution in [3.8, 4) is 0 Å². The first kappa shape index (κ1) is 19.4. The number of nitrogens with zero attached hydrogens (tertiary/aromatic N) is 1. The van der Waals surface area contributed by atoms with E-state index in [1.54, 1.807) is 0 Å². The van der Waals surface area contributed by atoms with Gasteiger partial charge in [0.2, 0.25) is 0 Å². The molecule has 1 aliphatic rings. The number of carbonyl (C=O) groups is 2. The average molecular weight is 380 g/mol. The number of thioether (sulfide) groups is 1. The van der Waals surface area contributed by atoms with Gasteiger partial charge in [-0.15, -0.1) is 11.8 Å². The van der Waals surface area contributed by atoms with E-state index in [0.29, 0.717) is 16.2 Å². The maximum atomic E-state index is 13.4. The highest BCUT2D eigenvalue weighted by Crippen LogP contribution is 2.41. The van der Waals surface area contributed by atoms with Gasteiger partial charge in [0.05, 0.1) is 16.2 Å². The molecule has 0 bridgehead atoms. The molecule has 2 amide bonds. The van der Waals surface area contributed by atoms with Crippen molar-refractivity contribution in [2.24, 2.45) is 0 Å². The summed E-state index contributed by atoms with van der Waals surface area (Å²) in [5.41, 5.74) is 6.21. The molecule has 0 atom stereocenters. The van der Waals surface area contributed by atoms with Gasteiger partial charge < -0.3 is 0 Å². The number of carbonyl (C=O) groups excluding carboxylic acids is 2. The number of imide groups is 1. The molecule has 0 aliphatic carbocycles. The van der Waals surface area contributed by atoms with Crippen LogP contribution in [0.2, 0.25) is 0 Å². The minimum Gasteiger partial charge on any atom is -0.268 e. The smallest absolute Gasteiger partial charge is 0.268 e. The predicted molar refractivity (Wildman–Crippen MR) is 114 cm³/mol. The molecule has 0 spiro atoms. The molecule has 27 heavy (non-hydrogen) atoms. The van der Waals surface area contributed by atoms with Gasteiger partial charge >= 0.3 is 0 Å². The summed E-state index contributed by atoms with van der Waals surface area (Å²) in [7, 11) is 0. The molecule has 2 aromatic carbocycles. The first-order chi connectivity index (χ1) is 12.7. The second-order valence-corrected chi connectivity index (χ2v) is 8.99. The Morgan fingerprint density at radius 2 is 1.48 bits per heavy atom. The minimum absolute atomic E-state index is 0.205. The average Bonchev–Trinajstić information content (AvgIpc) is 2.83. The van der Waals surface area contributed by atoms with E-state index in [9.17, 15) is 9.59 Å². The Bertz CT molecular complexity index is 972.